The molecule has 1 unspecified atom stereocenters. The predicted octanol–water partition coefficient (Wildman–Crippen LogP) is 4.23. The fraction of sp³-hybridized carbons (Fsp3) is 0.905. The van der Waals surface area contributed by atoms with Gasteiger partial charge < -0.3 is 9.42 Å². The number of nitrogens with zero attached hydrogens (tertiary/aromatic N) is 4. The van der Waals surface area contributed by atoms with E-state index in [1.165, 1.54) is 77.5 Å². The molecule has 2 aliphatic heterocycles. The number of hydrogen-bond acceptors (Lipinski definition) is 5. The predicted molar refractivity (Wildman–Crippen MR) is 103 cm³/mol. The lowest BCUT2D eigenvalue weighted by molar-refractivity contribution is 0.0913. The fourth-order valence-electron chi connectivity index (χ4n) is 5.48. The van der Waals surface area contributed by atoms with Gasteiger partial charge in [0.2, 0.25) is 5.89 Å². The Bertz CT molecular complexity index is 585. The van der Waals surface area contributed by atoms with E-state index >= 15 is 0 Å². The largest absolute Gasteiger partial charge is 0.339 e. The molecule has 3 heterocycles. The Kier molecular flexibility index (Phi) is 5.38. The highest BCUT2D eigenvalue weighted by molar-refractivity contribution is 5.06. The van der Waals surface area contributed by atoms with Crippen LogP contribution in [-0.4, -0.2) is 53.2 Å². The summed E-state index contributed by atoms with van der Waals surface area (Å²) >= 11 is 0. The Hall–Kier alpha value is -0.940. The van der Waals surface area contributed by atoms with Crippen LogP contribution >= 0.6 is 0 Å². The van der Waals surface area contributed by atoms with E-state index in [1.54, 1.807) is 0 Å². The van der Waals surface area contributed by atoms with Crippen molar-refractivity contribution in [1.82, 2.24) is 19.9 Å². The summed E-state index contributed by atoms with van der Waals surface area (Å²) in [6, 6.07) is 0.330. The zero-order valence-electron chi connectivity index (χ0n) is 16.9. The zero-order chi connectivity index (χ0) is 18.1. The van der Waals surface area contributed by atoms with Crippen LogP contribution in [0.4, 0.5) is 0 Å². The molecule has 0 N–H and O–H groups in total. The smallest absolute Gasteiger partial charge is 0.229 e. The standard InChI is InChI=1S/C21H36N4O/c1-16(2)20-22-19(23-26-20)18-13-21(15-24(18)3)9-11-25(12-10-21)14-17-7-5-4-6-8-17/h16-18H,4-15H2,1-3H3. The molecule has 1 aliphatic carbocycles. The summed E-state index contributed by atoms with van der Waals surface area (Å²) in [6.45, 7) is 9.30. The van der Waals surface area contributed by atoms with Gasteiger partial charge in [-0.2, -0.15) is 4.98 Å². The van der Waals surface area contributed by atoms with Gasteiger partial charge in [0.1, 0.15) is 0 Å². The molecule has 1 aromatic heterocycles. The minimum atomic E-state index is 0.306. The van der Waals surface area contributed by atoms with Gasteiger partial charge in [0.05, 0.1) is 6.04 Å². The highest BCUT2D eigenvalue weighted by atomic mass is 16.5. The molecule has 4 rings (SSSR count). The normalized spacial score (nSPS) is 28.4. The SMILES string of the molecule is CC(C)c1nc(C2CC3(CCN(CC4CCCCC4)CC3)CN2C)no1. The molecule has 5 nitrogen and oxygen atoms in total. The van der Waals surface area contributed by atoms with Crippen molar-refractivity contribution in [3.8, 4) is 0 Å². The van der Waals surface area contributed by atoms with Gasteiger partial charge in [-0.25, -0.2) is 0 Å². The lowest BCUT2D eigenvalue weighted by Crippen LogP contribution is -2.43. The van der Waals surface area contributed by atoms with Crippen LogP contribution in [0, 0.1) is 11.3 Å². The van der Waals surface area contributed by atoms with Crippen molar-refractivity contribution < 1.29 is 4.52 Å². The molecule has 0 bridgehead atoms. The molecule has 26 heavy (non-hydrogen) atoms. The summed E-state index contributed by atoms with van der Waals surface area (Å²) in [5.74, 6) is 2.94. The van der Waals surface area contributed by atoms with Crippen molar-refractivity contribution >= 4 is 0 Å². The van der Waals surface area contributed by atoms with Crippen LogP contribution in [0.25, 0.3) is 0 Å². The minimum Gasteiger partial charge on any atom is -0.339 e. The Balaban J connectivity index is 1.33. The molecular weight excluding hydrogens is 324 g/mol. The fourth-order valence-corrected chi connectivity index (χ4v) is 5.48. The van der Waals surface area contributed by atoms with Crippen LogP contribution < -0.4 is 0 Å². The quantitative estimate of drug-likeness (QED) is 0.804. The highest BCUT2D eigenvalue weighted by Crippen LogP contribution is 2.48. The molecule has 1 atom stereocenters. The van der Waals surface area contributed by atoms with E-state index in [4.69, 9.17) is 4.52 Å². The van der Waals surface area contributed by atoms with Gasteiger partial charge in [0, 0.05) is 19.0 Å². The van der Waals surface area contributed by atoms with Gasteiger partial charge in [-0.15, -0.1) is 0 Å². The van der Waals surface area contributed by atoms with E-state index in [9.17, 15) is 0 Å². The third-order valence-electron chi connectivity index (χ3n) is 7.15. The molecule has 1 saturated carbocycles. The second-order valence-corrected chi connectivity index (χ2v) is 9.59. The summed E-state index contributed by atoms with van der Waals surface area (Å²) in [7, 11) is 2.24. The Morgan fingerprint density at radius 1 is 1.15 bits per heavy atom. The first-order valence-electron chi connectivity index (χ1n) is 10.8. The van der Waals surface area contributed by atoms with E-state index in [0.717, 1.165) is 17.6 Å². The highest BCUT2D eigenvalue weighted by Gasteiger charge is 2.46. The zero-order valence-corrected chi connectivity index (χ0v) is 16.9. The van der Waals surface area contributed by atoms with Crippen molar-refractivity contribution in [1.29, 1.82) is 0 Å². The van der Waals surface area contributed by atoms with Crippen molar-refractivity contribution in [2.24, 2.45) is 11.3 Å². The molecular formula is C21H36N4O. The van der Waals surface area contributed by atoms with Crippen LogP contribution in [0.15, 0.2) is 4.52 Å². The van der Waals surface area contributed by atoms with E-state index in [1.807, 2.05) is 0 Å². The topological polar surface area (TPSA) is 45.4 Å². The maximum Gasteiger partial charge on any atom is 0.229 e. The number of aromatic nitrogens is 2. The number of hydrogen-bond donors (Lipinski definition) is 0. The molecule has 146 valence electrons. The van der Waals surface area contributed by atoms with Crippen molar-refractivity contribution in [3.05, 3.63) is 11.7 Å². The van der Waals surface area contributed by atoms with E-state index in [-0.39, 0.29) is 0 Å². The van der Waals surface area contributed by atoms with Gasteiger partial charge >= 0.3 is 0 Å². The van der Waals surface area contributed by atoms with Gasteiger partial charge in [-0.05, 0) is 63.6 Å². The van der Waals surface area contributed by atoms with Gasteiger partial charge in [-0.3, -0.25) is 4.90 Å². The van der Waals surface area contributed by atoms with Gasteiger partial charge in [-0.1, -0.05) is 38.3 Å². The first-order valence-corrected chi connectivity index (χ1v) is 10.8. The van der Waals surface area contributed by atoms with Crippen LogP contribution in [0.5, 0.6) is 0 Å². The van der Waals surface area contributed by atoms with E-state index in [2.05, 4.69) is 40.8 Å². The summed E-state index contributed by atoms with van der Waals surface area (Å²) in [4.78, 5) is 9.90. The average molecular weight is 361 g/mol. The Morgan fingerprint density at radius 3 is 2.54 bits per heavy atom. The Labute approximate surface area is 158 Å². The first-order chi connectivity index (χ1) is 12.5. The van der Waals surface area contributed by atoms with E-state index in [0.29, 0.717) is 17.4 Å². The molecule has 5 heteroatoms. The van der Waals surface area contributed by atoms with Crippen LogP contribution in [-0.2, 0) is 0 Å². The van der Waals surface area contributed by atoms with Crippen LogP contribution in [0.2, 0.25) is 0 Å². The molecule has 3 aliphatic rings. The Morgan fingerprint density at radius 2 is 1.88 bits per heavy atom. The number of likely N-dealkylation sites (tertiary alicyclic amines) is 2. The monoisotopic (exact) mass is 360 g/mol. The van der Waals surface area contributed by atoms with Crippen LogP contribution in [0.1, 0.15) is 88.9 Å². The maximum atomic E-state index is 5.47. The first kappa shape index (κ1) is 18.4. The molecule has 3 fully saturated rings. The third kappa shape index (κ3) is 3.84. The second-order valence-electron chi connectivity index (χ2n) is 9.59. The van der Waals surface area contributed by atoms with Crippen molar-refractivity contribution in [2.75, 3.05) is 33.2 Å². The van der Waals surface area contributed by atoms with Gasteiger partial charge in [0.25, 0.3) is 0 Å². The second kappa shape index (κ2) is 7.59. The van der Waals surface area contributed by atoms with E-state index < -0.39 is 0 Å². The van der Waals surface area contributed by atoms with Crippen LogP contribution in [0.3, 0.4) is 0 Å². The lowest BCUT2D eigenvalue weighted by Gasteiger charge is -2.41. The summed E-state index contributed by atoms with van der Waals surface area (Å²) in [6.07, 6.45) is 11.1. The molecule has 0 amide bonds. The molecule has 1 aromatic rings. The summed E-state index contributed by atoms with van der Waals surface area (Å²) < 4.78 is 5.47. The minimum absolute atomic E-state index is 0.306. The maximum absolute atomic E-state index is 5.47. The molecule has 0 radical (unpaired) electrons. The lowest BCUT2D eigenvalue weighted by atomic mass is 9.76. The molecule has 0 aromatic carbocycles. The summed E-state index contributed by atoms with van der Waals surface area (Å²) in [5, 5.41) is 4.30. The van der Waals surface area contributed by atoms with Crippen molar-refractivity contribution in [3.63, 3.8) is 0 Å². The third-order valence-corrected chi connectivity index (χ3v) is 7.15. The molecule has 1 spiro atoms. The molecule has 2 saturated heterocycles. The van der Waals surface area contributed by atoms with Crippen molar-refractivity contribution in [2.45, 2.75) is 77.2 Å². The number of piperidine rings is 1. The summed E-state index contributed by atoms with van der Waals surface area (Å²) in [5.41, 5.74) is 0.459. The number of rotatable bonds is 4. The average Bonchev–Trinajstić information content (AvgIpc) is 3.23. The van der Waals surface area contributed by atoms with Gasteiger partial charge in [0.15, 0.2) is 5.82 Å².